The van der Waals surface area contributed by atoms with Gasteiger partial charge in [0.1, 0.15) is 0 Å². The SMILES string of the molecule is CCN(CCNC1(CC(=O)O)CNC1)C1CC1. The molecule has 0 aromatic heterocycles. The molecule has 2 aliphatic rings. The first-order valence-electron chi connectivity index (χ1n) is 6.57. The third kappa shape index (κ3) is 3.40. The van der Waals surface area contributed by atoms with E-state index in [0.717, 1.165) is 38.8 Å². The van der Waals surface area contributed by atoms with E-state index in [-0.39, 0.29) is 12.0 Å². The van der Waals surface area contributed by atoms with Crippen molar-refractivity contribution in [3.8, 4) is 0 Å². The molecule has 0 amide bonds. The Balaban J connectivity index is 1.70. The van der Waals surface area contributed by atoms with Gasteiger partial charge in [-0.25, -0.2) is 0 Å². The molecule has 0 aromatic carbocycles. The normalized spacial score (nSPS) is 22.5. The van der Waals surface area contributed by atoms with Gasteiger partial charge in [0.2, 0.25) is 0 Å². The van der Waals surface area contributed by atoms with Gasteiger partial charge in [0, 0.05) is 32.2 Å². The summed E-state index contributed by atoms with van der Waals surface area (Å²) in [6.45, 7) is 6.75. The molecule has 1 heterocycles. The molecule has 17 heavy (non-hydrogen) atoms. The lowest BCUT2D eigenvalue weighted by Crippen LogP contribution is -2.69. The molecule has 2 fully saturated rings. The van der Waals surface area contributed by atoms with Gasteiger partial charge >= 0.3 is 5.97 Å². The molecule has 0 unspecified atom stereocenters. The molecule has 98 valence electrons. The van der Waals surface area contributed by atoms with Crippen LogP contribution in [0.15, 0.2) is 0 Å². The maximum atomic E-state index is 10.8. The van der Waals surface area contributed by atoms with Crippen LogP contribution in [0.2, 0.25) is 0 Å². The lowest BCUT2D eigenvalue weighted by Gasteiger charge is -2.43. The highest BCUT2D eigenvalue weighted by atomic mass is 16.4. The highest BCUT2D eigenvalue weighted by Crippen LogP contribution is 2.26. The quantitative estimate of drug-likeness (QED) is 0.553. The van der Waals surface area contributed by atoms with E-state index in [4.69, 9.17) is 5.11 Å². The highest BCUT2D eigenvalue weighted by Gasteiger charge is 2.38. The molecule has 0 radical (unpaired) electrons. The van der Waals surface area contributed by atoms with Gasteiger partial charge in [0.05, 0.1) is 12.0 Å². The molecule has 1 aliphatic carbocycles. The van der Waals surface area contributed by atoms with Crippen molar-refractivity contribution < 1.29 is 9.90 Å². The third-order valence-electron chi connectivity index (χ3n) is 3.78. The molecular formula is C12H23N3O2. The minimum atomic E-state index is -0.714. The topological polar surface area (TPSA) is 64.6 Å². The van der Waals surface area contributed by atoms with Crippen LogP contribution in [0.1, 0.15) is 26.2 Å². The highest BCUT2D eigenvalue weighted by molar-refractivity contribution is 5.68. The van der Waals surface area contributed by atoms with Crippen LogP contribution >= 0.6 is 0 Å². The van der Waals surface area contributed by atoms with Crippen LogP contribution in [0.3, 0.4) is 0 Å². The Morgan fingerprint density at radius 3 is 2.65 bits per heavy atom. The van der Waals surface area contributed by atoms with Gasteiger partial charge < -0.3 is 15.7 Å². The van der Waals surface area contributed by atoms with E-state index in [9.17, 15) is 4.79 Å². The molecule has 0 atom stereocenters. The lowest BCUT2D eigenvalue weighted by atomic mass is 9.88. The van der Waals surface area contributed by atoms with Gasteiger partial charge in [-0.3, -0.25) is 9.69 Å². The molecule has 5 nitrogen and oxygen atoms in total. The van der Waals surface area contributed by atoms with Crippen LogP contribution in [0.25, 0.3) is 0 Å². The van der Waals surface area contributed by atoms with Gasteiger partial charge in [0.25, 0.3) is 0 Å². The molecule has 1 saturated carbocycles. The van der Waals surface area contributed by atoms with E-state index in [1.165, 1.54) is 12.8 Å². The number of likely N-dealkylation sites (N-methyl/N-ethyl adjacent to an activating group) is 1. The Kier molecular flexibility index (Phi) is 4.01. The third-order valence-corrected chi connectivity index (χ3v) is 3.78. The fourth-order valence-electron chi connectivity index (χ4n) is 2.53. The second kappa shape index (κ2) is 5.33. The van der Waals surface area contributed by atoms with Crippen molar-refractivity contribution in [2.45, 2.75) is 37.8 Å². The average Bonchev–Trinajstić information content (AvgIpc) is 3.03. The van der Waals surface area contributed by atoms with E-state index in [0.29, 0.717) is 0 Å². The summed E-state index contributed by atoms with van der Waals surface area (Å²) in [7, 11) is 0. The number of carboxylic acids is 1. The number of rotatable bonds is 8. The molecule has 0 bridgehead atoms. The van der Waals surface area contributed by atoms with Crippen LogP contribution in [-0.2, 0) is 4.79 Å². The number of hydrogen-bond donors (Lipinski definition) is 3. The first kappa shape index (κ1) is 12.8. The van der Waals surface area contributed by atoms with Crippen LogP contribution in [0.4, 0.5) is 0 Å². The number of hydrogen-bond acceptors (Lipinski definition) is 4. The van der Waals surface area contributed by atoms with Crippen molar-refractivity contribution in [2.75, 3.05) is 32.7 Å². The molecule has 5 heteroatoms. The number of carboxylic acid groups (broad SMARTS) is 1. The lowest BCUT2D eigenvalue weighted by molar-refractivity contribution is -0.139. The van der Waals surface area contributed by atoms with Crippen molar-refractivity contribution in [1.82, 2.24) is 15.5 Å². The number of nitrogens with zero attached hydrogens (tertiary/aromatic N) is 1. The average molecular weight is 241 g/mol. The van der Waals surface area contributed by atoms with E-state index in [1.807, 2.05) is 0 Å². The Morgan fingerprint density at radius 2 is 2.24 bits per heavy atom. The monoisotopic (exact) mass is 241 g/mol. The van der Waals surface area contributed by atoms with Crippen molar-refractivity contribution in [3.05, 3.63) is 0 Å². The smallest absolute Gasteiger partial charge is 0.305 e. The summed E-state index contributed by atoms with van der Waals surface area (Å²) in [4.78, 5) is 13.3. The Labute approximate surface area is 103 Å². The van der Waals surface area contributed by atoms with Gasteiger partial charge in [-0.2, -0.15) is 0 Å². The fraction of sp³-hybridized carbons (Fsp3) is 0.917. The first-order valence-corrected chi connectivity index (χ1v) is 6.57. The van der Waals surface area contributed by atoms with Crippen molar-refractivity contribution in [3.63, 3.8) is 0 Å². The van der Waals surface area contributed by atoms with Gasteiger partial charge in [-0.05, 0) is 19.4 Å². The Hall–Kier alpha value is -0.650. The van der Waals surface area contributed by atoms with Crippen molar-refractivity contribution in [2.24, 2.45) is 0 Å². The molecule has 0 spiro atoms. The zero-order valence-electron chi connectivity index (χ0n) is 10.5. The number of aliphatic carboxylic acids is 1. The standard InChI is InChI=1S/C12H23N3O2/c1-2-15(10-3-4-10)6-5-14-12(7-11(16)17)8-13-9-12/h10,13-14H,2-9H2,1H3,(H,16,17). The largest absolute Gasteiger partial charge is 0.481 e. The number of carbonyl (C=O) groups is 1. The first-order chi connectivity index (χ1) is 8.15. The summed E-state index contributed by atoms with van der Waals surface area (Å²) >= 11 is 0. The molecule has 1 saturated heterocycles. The van der Waals surface area contributed by atoms with Crippen LogP contribution < -0.4 is 10.6 Å². The predicted molar refractivity (Wildman–Crippen MR) is 66.1 cm³/mol. The fourth-order valence-corrected chi connectivity index (χ4v) is 2.53. The van der Waals surface area contributed by atoms with Crippen molar-refractivity contribution in [1.29, 1.82) is 0 Å². The van der Waals surface area contributed by atoms with Crippen LogP contribution in [0.5, 0.6) is 0 Å². The Morgan fingerprint density at radius 1 is 1.53 bits per heavy atom. The molecular weight excluding hydrogens is 218 g/mol. The van der Waals surface area contributed by atoms with Crippen molar-refractivity contribution >= 4 is 5.97 Å². The molecule has 3 N–H and O–H groups in total. The van der Waals surface area contributed by atoms with Gasteiger partial charge in [-0.15, -0.1) is 0 Å². The van der Waals surface area contributed by atoms with Gasteiger partial charge in [0.15, 0.2) is 0 Å². The molecule has 2 rings (SSSR count). The summed E-state index contributed by atoms with van der Waals surface area (Å²) in [6.07, 6.45) is 2.88. The summed E-state index contributed by atoms with van der Waals surface area (Å²) in [5.41, 5.74) is -0.200. The van der Waals surface area contributed by atoms with E-state index >= 15 is 0 Å². The molecule has 0 aromatic rings. The maximum absolute atomic E-state index is 10.8. The Bertz CT molecular complexity index is 275. The zero-order chi connectivity index (χ0) is 12.3. The van der Waals surface area contributed by atoms with E-state index in [1.54, 1.807) is 0 Å². The second-order valence-electron chi connectivity index (χ2n) is 5.24. The minimum Gasteiger partial charge on any atom is -0.481 e. The minimum absolute atomic E-state index is 0.200. The summed E-state index contributed by atoms with van der Waals surface area (Å²) < 4.78 is 0. The summed E-state index contributed by atoms with van der Waals surface area (Å²) in [5.74, 6) is -0.714. The van der Waals surface area contributed by atoms with Crippen LogP contribution in [0, 0.1) is 0 Å². The summed E-state index contributed by atoms with van der Waals surface area (Å²) in [6, 6.07) is 0.789. The van der Waals surface area contributed by atoms with E-state index < -0.39 is 5.97 Å². The van der Waals surface area contributed by atoms with E-state index in [2.05, 4.69) is 22.5 Å². The zero-order valence-corrected chi connectivity index (χ0v) is 10.5. The maximum Gasteiger partial charge on any atom is 0.305 e. The van der Waals surface area contributed by atoms with Crippen LogP contribution in [-0.4, -0.2) is 60.3 Å². The predicted octanol–water partition coefficient (Wildman–Crippen LogP) is -0.123. The summed E-state index contributed by atoms with van der Waals surface area (Å²) in [5, 5.41) is 15.5. The van der Waals surface area contributed by atoms with Gasteiger partial charge in [-0.1, -0.05) is 6.92 Å². The molecule has 1 aliphatic heterocycles. The second-order valence-corrected chi connectivity index (χ2v) is 5.24. The number of nitrogens with one attached hydrogen (secondary N) is 2.